The molecule has 0 N–H and O–H groups in total. The summed E-state index contributed by atoms with van der Waals surface area (Å²) in [7, 11) is 0. The van der Waals surface area contributed by atoms with Gasteiger partial charge in [-0.1, -0.05) is 0 Å². The quantitative estimate of drug-likeness (QED) is 0.433. The average Bonchev–Trinajstić information content (AvgIpc) is 2.55. The van der Waals surface area contributed by atoms with Crippen LogP contribution in [0.2, 0.25) is 0 Å². The molecule has 0 bridgehead atoms. The van der Waals surface area contributed by atoms with Gasteiger partial charge in [-0.15, -0.1) is 0 Å². The van der Waals surface area contributed by atoms with E-state index in [9.17, 15) is 19.2 Å². The Balaban J connectivity index is 0.000000342. The zero-order valence-corrected chi connectivity index (χ0v) is 12.0. The molecule has 0 aromatic rings. The van der Waals surface area contributed by atoms with Gasteiger partial charge in [-0.25, -0.2) is 9.59 Å². The number of hydrogen-bond donors (Lipinski definition) is 0. The number of hydrogen-bond acceptors (Lipinski definition) is 5. The van der Waals surface area contributed by atoms with Gasteiger partial charge in [0.25, 0.3) is 0 Å². The van der Waals surface area contributed by atoms with Gasteiger partial charge in [0.2, 0.25) is 0 Å². The van der Waals surface area contributed by atoms with Crippen LogP contribution in [0.5, 0.6) is 0 Å². The summed E-state index contributed by atoms with van der Waals surface area (Å²) in [5.41, 5.74) is 1.96. The molecule has 0 unspecified atom stereocenters. The Kier molecular flexibility index (Phi) is 6.05. The molecule has 0 saturated carbocycles. The Bertz CT molecular complexity index is 462. The van der Waals surface area contributed by atoms with E-state index < -0.39 is 11.9 Å². The standard InChI is InChI=1S/C8H12O2.C6H6O3/c1-5(7(3)9)6(2)8(4)10;1-3-4(2)6(8)9-5(3)7/h1-4H3;1-2H3/b6-5-;. The van der Waals surface area contributed by atoms with Crippen molar-refractivity contribution in [3.8, 4) is 0 Å². The zero-order valence-electron chi connectivity index (χ0n) is 12.0. The minimum Gasteiger partial charge on any atom is -0.386 e. The Labute approximate surface area is 112 Å². The largest absolute Gasteiger partial charge is 0.386 e. The lowest BCUT2D eigenvalue weighted by molar-refractivity contribution is -0.151. The molecule has 104 valence electrons. The highest BCUT2D eigenvalue weighted by atomic mass is 16.6. The summed E-state index contributed by atoms with van der Waals surface area (Å²) in [6.07, 6.45) is 0. The van der Waals surface area contributed by atoms with E-state index in [1.54, 1.807) is 27.7 Å². The third-order valence-electron chi connectivity index (χ3n) is 2.98. The molecule has 0 spiro atoms. The van der Waals surface area contributed by atoms with Crippen LogP contribution in [0.25, 0.3) is 0 Å². The van der Waals surface area contributed by atoms with Crippen molar-refractivity contribution in [1.29, 1.82) is 0 Å². The number of cyclic esters (lactones) is 2. The van der Waals surface area contributed by atoms with Gasteiger partial charge in [-0.3, -0.25) is 9.59 Å². The zero-order chi connectivity index (χ0) is 15.3. The van der Waals surface area contributed by atoms with Crippen LogP contribution in [-0.2, 0) is 23.9 Å². The number of carbonyl (C=O) groups is 4. The van der Waals surface area contributed by atoms with Crippen molar-refractivity contribution < 1.29 is 23.9 Å². The van der Waals surface area contributed by atoms with Crippen molar-refractivity contribution in [2.45, 2.75) is 41.5 Å². The summed E-state index contributed by atoms with van der Waals surface area (Å²) >= 11 is 0. The molecule has 0 saturated heterocycles. The molecule has 1 aliphatic rings. The highest BCUT2D eigenvalue weighted by molar-refractivity contribution is 6.11. The summed E-state index contributed by atoms with van der Waals surface area (Å²) < 4.78 is 4.23. The van der Waals surface area contributed by atoms with E-state index in [4.69, 9.17) is 0 Å². The van der Waals surface area contributed by atoms with Crippen molar-refractivity contribution in [1.82, 2.24) is 0 Å². The fourth-order valence-electron chi connectivity index (χ4n) is 1.07. The van der Waals surface area contributed by atoms with Gasteiger partial charge in [-0.05, 0) is 52.7 Å². The summed E-state index contributed by atoms with van der Waals surface area (Å²) in [5.74, 6) is -1.10. The van der Waals surface area contributed by atoms with Crippen molar-refractivity contribution >= 4 is 23.5 Å². The topological polar surface area (TPSA) is 77.5 Å². The first-order valence-electron chi connectivity index (χ1n) is 5.72. The highest BCUT2D eigenvalue weighted by Crippen LogP contribution is 2.14. The van der Waals surface area contributed by atoms with Gasteiger partial charge < -0.3 is 4.74 Å². The van der Waals surface area contributed by atoms with Gasteiger partial charge in [0, 0.05) is 11.1 Å². The van der Waals surface area contributed by atoms with Crippen LogP contribution in [0.1, 0.15) is 41.5 Å². The average molecular weight is 266 g/mol. The number of allylic oxidation sites excluding steroid dienone is 2. The summed E-state index contributed by atoms with van der Waals surface area (Å²) in [6.45, 7) is 9.40. The molecule has 0 aliphatic carbocycles. The van der Waals surface area contributed by atoms with Crippen molar-refractivity contribution in [3.05, 3.63) is 22.3 Å². The molecule has 1 heterocycles. The van der Waals surface area contributed by atoms with Gasteiger partial charge in [0.15, 0.2) is 11.6 Å². The molecule has 0 radical (unpaired) electrons. The van der Waals surface area contributed by atoms with E-state index in [-0.39, 0.29) is 11.6 Å². The Morgan fingerprint density at radius 2 is 1.00 bits per heavy atom. The predicted molar refractivity (Wildman–Crippen MR) is 69.2 cm³/mol. The van der Waals surface area contributed by atoms with Crippen LogP contribution in [-0.4, -0.2) is 23.5 Å². The van der Waals surface area contributed by atoms with Gasteiger partial charge in [0.05, 0.1) is 0 Å². The maximum atomic E-state index is 10.7. The van der Waals surface area contributed by atoms with E-state index in [0.717, 1.165) is 0 Å². The fourth-order valence-corrected chi connectivity index (χ4v) is 1.07. The Hall–Kier alpha value is -2.04. The van der Waals surface area contributed by atoms with E-state index in [2.05, 4.69) is 4.74 Å². The number of rotatable bonds is 2. The first-order chi connectivity index (χ1) is 8.59. The monoisotopic (exact) mass is 266 g/mol. The number of Topliss-reactive ketones (excluding diaryl/α,β-unsaturated/α-hetero) is 2. The van der Waals surface area contributed by atoms with Crippen LogP contribution in [0.4, 0.5) is 0 Å². The first-order valence-corrected chi connectivity index (χ1v) is 5.72. The second-order valence-corrected chi connectivity index (χ2v) is 4.29. The number of ether oxygens (including phenoxy) is 1. The predicted octanol–water partition coefficient (Wildman–Crippen LogP) is 1.91. The molecule has 0 atom stereocenters. The van der Waals surface area contributed by atoms with Gasteiger partial charge >= 0.3 is 11.9 Å². The summed E-state index contributed by atoms with van der Waals surface area (Å²) in [5, 5.41) is 0. The highest BCUT2D eigenvalue weighted by Gasteiger charge is 2.25. The second-order valence-electron chi connectivity index (χ2n) is 4.29. The smallest absolute Gasteiger partial charge is 0.342 e. The minimum atomic E-state index is -0.516. The van der Waals surface area contributed by atoms with Crippen molar-refractivity contribution in [3.63, 3.8) is 0 Å². The molecular formula is C14H18O5. The molecule has 0 aromatic carbocycles. The molecule has 0 amide bonds. The third kappa shape index (κ3) is 4.62. The van der Waals surface area contributed by atoms with E-state index in [0.29, 0.717) is 22.3 Å². The summed E-state index contributed by atoms with van der Waals surface area (Å²) in [4.78, 5) is 42.3. The van der Waals surface area contributed by atoms with E-state index in [1.165, 1.54) is 13.8 Å². The molecular weight excluding hydrogens is 248 g/mol. The Morgan fingerprint density at radius 3 is 1.11 bits per heavy atom. The van der Waals surface area contributed by atoms with Crippen LogP contribution in [0.3, 0.4) is 0 Å². The maximum absolute atomic E-state index is 10.7. The second kappa shape index (κ2) is 6.78. The molecule has 19 heavy (non-hydrogen) atoms. The molecule has 0 fully saturated rings. The van der Waals surface area contributed by atoms with Crippen LogP contribution in [0.15, 0.2) is 22.3 Å². The van der Waals surface area contributed by atoms with E-state index >= 15 is 0 Å². The Morgan fingerprint density at radius 1 is 0.737 bits per heavy atom. The lowest BCUT2D eigenvalue weighted by Crippen LogP contribution is -2.01. The maximum Gasteiger partial charge on any atom is 0.342 e. The number of carbonyl (C=O) groups excluding carboxylic acids is 4. The van der Waals surface area contributed by atoms with Gasteiger partial charge in [-0.2, -0.15) is 0 Å². The molecule has 5 nitrogen and oxygen atoms in total. The van der Waals surface area contributed by atoms with Crippen LogP contribution < -0.4 is 0 Å². The number of ketones is 2. The molecule has 5 heteroatoms. The van der Waals surface area contributed by atoms with Crippen molar-refractivity contribution in [2.24, 2.45) is 0 Å². The summed E-state index contributed by atoms with van der Waals surface area (Å²) in [6, 6.07) is 0. The molecule has 1 aliphatic heterocycles. The number of esters is 2. The van der Waals surface area contributed by atoms with Gasteiger partial charge in [0.1, 0.15) is 0 Å². The fraction of sp³-hybridized carbons (Fsp3) is 0.429. The molecule has 0 aromatic heterocycles. The first kappa shape index (κ1) is 17.0. The SMILES string of the molecule is CC(=O)/C(C)=C(/C)C(C)=O.CC1=C(C)C(=O)OC1=O. The molecule has 1 rings (SSSR count). The van der Waals surface area contributed by atoms with Crippen LogP contribution >= 0.6 is 0 Å². The lowest BCUT2D eigenvalue weighted by Gasteiger charge is -1.98. The minimum absolute atomic E-state index is 0.0345. The van der Waals surface area contributed by atoms with Crippen molar-refractivity contribution in [2.75, 3.05) is 0 Å². The lowest BCUT2D eigenvalue weighted by atomic mass is 10.1. The third-order valence-corrected chi connectivity index (χ3v) is 2.98. The van der Waals surface area contributed by atoms with Crippen LogP contribution in [0, 0.1) is 0 Å². The van der Waals surface area contributed by atoms with E-state index in [1.807, 2.05) is 0 Å². The normalized spacial score (nSPS) is 15.5.